The minimum Gasteiger partial charge on any atom is -0.497 e. The summed E-state index contributed by atoms with van der Waals surface area (Å²) in [4.78, 5) is 13.8. The maximum Gasteiger partial charge on any atom is 0.225 e. The molecule has 0 bridgehead atoms. The Morgan fingerprint density at radius 2 is 1.93 bits per heavy atom. The third kappa shape index (κ3) is 4.01. The Balaban J connectivity index is 1.71. The third-order valence-corrected chi connectivity index (χ3v) is 6.34. The highest BCUT2D eigenvalue weighted by molar-refractivity contribution is 7.11. The molecular weight excluding hydrogens is 382 g/mol. The molecule has 4 nitrogen and oxygen atoms in total. The second-order valence-electron chi connectivity index (χ2n) is 7.16. The van der Waals surface area contributed by atoms with E-state index in [4.69, 9.17) is 9.47 Å². The Bertz CT molecular complexity index is 994. The van der Waals surface area contributed by atoms with Crippen LogP contribution in [-0.2, 0) is 4.79 Å². The summed E-state index contributed by atoms with van der Waals surface area (Å²) in [5.41, 5.74) is 4.12. The Morgan fingerprint density at radius 1 is 1.14 bits per heavy atom. The molecule has 2 aromatic carbocycles. The average molecular weight is 408 g/mol. The second kappa shape index (κ2) is 8.70. The van der Waals surface area contributed by atoms with Crippen molar-refractivity contribution in [3.8, 4) is 22.6 Å². The van der Waals surface area contributed by atoms with Crippen LogP contribution in [0, 0.1) is 0 Å². The van der Waals surface area contributed by atoms with Gasteiger partial charge in [0, 0.05) is 33.7 Å². The summed E-state index contributed by atoms with van der Waals surface area (Å²) in [6, 6.07) is 16.0. The minimum absolute atomic E-state index is 0.00794. The molecule has 150 valence electrons. The van der Waals surface area contributed by atoms with Crippen LogP contribution in [0.2, 0.25) is 0 Å². The summed E-state index contributed by atoms with van der Waals surface area (Å²) in [6.07, 6.45) is 2.55. The van der Waals surface area contributed by atoms with Gasteiger partial charge < -0.3 is 14.8 Å². The average Bonchev–Trinajstić information content (AvgIpc) is 3.17. The van der Waals surface area contributed by atoms with Gasteiger partial charge in [-0.15, -0.1) is 11.3 Å². The van der Waals surface area contributed by atoms with Crippen molar-refractivity contribution >= 4 is 22.9 Å². The van der Waals surface area contributed by atoms with Crippen LogP contribution < -0.4 is 14.8 Å². The lowest BCUT2D eigenvalue weighted by molar-refractivity contribution is -0.116. The monoisotopic (exact) mass is 407 g/mol. The normalized spacial score (nSPS) is 15.5. The van der Waals surface area contributed by atoms with Crippen LogP contribution in [0.5, 0.6) is 11.5 Å². The van der Waals surface area contributed by atoms with E-state index < -0.39 is 0 Å². The number of methoxy groups -OCH3 is 1. The Kier molecular flexibility index (Phi) is 5.86. The van der Waals surface area contributed by atoms with E-state index in [1.54, 1.807) is 18.4 Å². The molecule has 0 unspecified atom stereocenters. The molecule has 1 N–H and O–H groups in total. The molecule has 0 saturated carbocycles. The number of para-hydroxylation sites is 1. The van der Waals surface area contributed by atoms with Crippen molar-refractivity contribution in [2.45, 2.75) is 32.1 Å². The first-order valence-electron chi connectivity index (χ1n) is 9.98. The maximum atomic E-state index is 12.6. The van der Waals surface area contributed by atoms with Gasteiger partial charge in [0.15, 0.2) is 0 Å². The molecule has 0 fully saturated rings. The van der Waals surface area contributed by atoms with Gasteiger partial charge >= 0.3 is 0 Å². The molecule has 1 aliphatic rings. The summed E-state index contributed by atoms with van der Waals surface area (Å²) >= 11 is 1.70. The molecular formula is C24H25NO3S. The zero-order valence-electron chi connectivity index (χ0n) is 16.7. The van der Waals surface area contributed by atoms with E-state index >= 15 is 0 Å². The number of rotatable bonds is 7. The topological polar surface area (TPSA) is 47.6 Å². The van der Waals surface area contributed by atoms with E-state index in [2.05, 4.69) is 23.7 Å². The maximum absolute atomic E-state index is 12.6. The Morgan fingerprint density at radius 3 is 2.69 bits per heavy atom. The zero-order chi connectivity index (χ0) is 20.2. The number of carbonyl (C=O) groups is 1. The number of hydrogen-bond acceptors (Lipinski definition) is 4. The van der Waals surface area contributed by atoms with Gasteiger partial charge in [-0.25, -0.2) is 0 Å². The number of hydrogen-bond donors (Lipinski definition) is 1. The first kappa shape index (κ1) is 19.5. The van der Waals surface area contributed by atoms with Crippen molar-refractivity contribution in [2.75, 3.05) is 19.0 Å². The number of amides is 1. The van der Waals surface area contributed by atoms with Gasteiger partial charge in [-0.1, -0.05) is 43.7 Å². The van der Waals surface area contributed by atoms with E-state index in [-0.39, 0.29) is 11.8 Å². The summed E-state index contributed by atoms with van der Waals surface area (Å²) in [7, 11) is 1.66. The largest absolute Gasteiger partial charge is 0.497 e. The molecule has 2 heterocycles. The van der Waals surface area contributed by atoms with Gasteiger partial charge in [-0.05, 0) is 30.2 Å². The van der Waals surface area contributed by atoms with E-state index in [1.165, 1.54) is 4.88 Å². The Hall–Kier alpha value is -2.79. The van der Waals surface area contributed by atoms with Crippen LogP contribution in [0.3, 0.4) is 0 Å². The van der Waals surface area contributed by atoms with E-state index in [0.29, 0.717) is 13.0 Å². The highest BCUT2D eigenvalue weighted by atomic mass is 32.1. The molecule has 0 spiro atoms. The second-order valence-corrected chi connectivity index (χ2v) is 8.07. The number of ether oxygens (including phenoxy) is 2. The Labute approximate surface area is 175 Å². The van der Waals surface area contributed by atoms with Crippen molar-refractivity contribution in [2.24, 2.45) is 0 Å². The first-order valence-corrected chi connectivity index (χ1v) is 10.9. The lowest BCUT2D eigenvalue weighted by atomic mass is 9.88. The minimum atomic E-state index is 0.00794. The van der Waals surface area contributed by atoms with Crippen LogP contribution in [0.4, 0.5) is 5.69 Å². The molecule has 0 aliphatic carbocycles. The highest BCUT2D eigenvalue weighted by Crippen LogP contribution is 2.48. The van der Waals surface area contributed by atoms with Gasteiger partial charge in [0.2, 0.25) is 5.91 Å². The number of thiophene rings is 1. The van der Waals surface area contributed by atoms with Gasteiger partial charge in [0.1, 0.15) is 11.5 Å². The molecule has 1 amide bonds. The lowest BCUT2D eigenvalue weighted by Crippen LogP contribution is -2.22. The van der Waals surface area contributed by atoms with Crippen molar-refractivity contribution in [1.29, 1.82) is 0 Å². The molecule has 1 atom stereocenters. The molecule has 0 radical (unpaired) electrons. The highest BCUT2D eigenvalue weighted by Gasteiger charge is 2.32. The summed E-state index contributed by atoms with van der Waals surface area (Å²) in [5.74, 6) is 1.75. The molecule has 1 aliphatic heterocycles. The fourth-order valence-corrected chi connectivity index (χ4v) is 4.84. The van der Waals surface area contributed by atoms with Crippen molar-refractivity contribution in [3.63, 3.8) is 0 Å². The number of unbranched alkanes of at least 4 members (excludes halogenated alkanes) is 1. The van der Waals surface area contributed by atoms with Crippen LogP contribution >= 0.6 is 11.3 Å². The summed E-state index contributed by atoms with van der Waals surface area (Å²) < 4.78 is 11.3. The van der Waals surface area contributed by atoms with Crippen LogP contribution in [0.1, 0.15) is 42.5 Å². The fourth-order valence-electron chi connectivity index (χ4n) is 3.69. The number of nitrogens with one attached hydrogen (secondary N) is 1. The number of benzene rings is 2. The standard InChI is InChI=1S/C24H25NO3S/c1-3-4-13-28-21-8-6-5-7-18(21)19-14-22(26)25-23-20(15-29-24(19)23)16-9-11-17(27-2)12-10-16/h5-12,15,19H,3-4,13-14H2,1-2H3,(H,25,26)/t19-/m1/s1. The predicted octanol–water partition coefficient (Wildman–Crippen LogP) is 6.08. The van der Waals surface area contributed by atoms with E-state index in [9.17, 15) is 4.79 Å². The molecule has 29 heavy (non-hydrogen) atoms. The summed E-state index contributed by atoms with van der Waals surface area (Å²) in [6.45, 7) is 2.85. The third-order valence-electron chi connectivity index (χ3n) is 5.24. The van der Waals surface area contributed by atoms with E-state index in [0.717, 1.165) is 46.7 Å². The summed E-state index contributed by atoms with van der Waals surface area (Å²) in [5, 5.41) is 5.24. The van der Waals surface area contributed by atoms with Crippen molar-refractivity contribution < 1.29 is 14.3 Å². The first-order chi connectivity index (χ1) is 14.2. The molecule has 1 aromatic heterocycles. The van der Waals surface area contributed by atoms with Gasteiger partial charge in [-0.2, -0.15) is 0 Å². The predicted molar refractivity (Wildman–Crippen MR) is 118 cm³/mol. The van der Waals surface area contributed by atoms with Gasteiger partial charge in [0.05, 0.1) is 19.4 Å². The van der Waals surface area contributed by atoms with Crippen LogP contribution in [0.15, 0.2) is 53.9 Å². The smallest absolute Gasteiger partial charge is 0.225 e. The zero-order valence-corrected chi connectivity index (χ0v) is 17.6. The van der Waals surface area contributed by atoms with Crippen molar-refractivity contribution in [3.05, 3.63) is 64.4 Å². The van der Waals surface area contributed by atoms with E-state index in [1.807, 2.05) is 42.5 Å². The van der Waals surface area contributed by atoms with Gasteiger partial charge in [0.25, 0.3) is 0 Å². The molecule has 0 saturated heterocycles. The molecule has 5 heteroatoms. The quantitative estimate of drug-likeness (QED) is 0.483. The van der Waals surface area contributed by atoms with Gasteiger partial charge in [-0.3, -0.25) is 4.79 Å². The number of carbonyl (C=O) groups excluding carboxylic acids is 1. The lowest BCUT2D eigenvalue weighted by Gasteiger charge is -2.25. The van der Waals surface area contributed by atoms with Crippen molar-refractivity contribution in [1.82, 2.24) is 0 Å². The molecule has 4 rings (SSSR count). The number of anilines is 1. The number of fused-ring (bicyclic) bond motifs is 1. The molecule has 3 aromatic rings. The van der Waals surface area contributed by atoms with Crippen LogP contribution in [0.25, 0.3) is 11.1 Å². The fraction of sp³-hybridized carbons (Fsp3) is 0.292. The SMILES string of the molecule is CCCCOc1ccccc1[C@H]1CC(=O)Nc2c(-c3ccc(OC)cc3)csc21. The van der Waals surface area contributed by atoms with Crippen LogP contribution in [-0.4, -0.2) is 19.6 Å².